The molecule has 5 N–H and O–H groups in total. The Hall–Kier alpha value is -1.67. The minimum atomic E-state index is -2.85. The van der Waals surface area contributed by atoms with Crippen molar-refractivity contribution < 1.29 is 13.7 Å². The van der Waals surface area contributed by atoms with E-state index in [1.807, 2.05) is 18.2 Å². The Morgan fingerprint density at radius 1 is 1.20 bits per heavy atom. The number of aliphatic hydroxyl groups is 1. The number of unbranched alkanes of at least 4 members (excludes halogenated alkanes) is 1. The molecule has 1 saturated heterocycles. The summed E-state index contributed by atoms with van der Waals surface area (Å²) in [7, 11) is -2.85. The lowest BCUT2D eigenvalue weighted by Crippen LogP contribution is -2.54. The third-order valence-corrected chi connectivity index (χ3v) is 8.63. The van der Waals surface area contributed by atoms with Crippen LogP contribution in [0.15, 0.2) is 36.4 Å². The van der Waals surface area contributed by atoms with Gasteiger partial charge in [0.2, 0.25) is 0 Å². The van der Waals surface area contributed by atoms with Gasteiger partial charge in [0.15, 0.2) is 0 Å². The fraction of sp³-hybridized carbons (Fsp3) is 0.556. The minimum Gasteiger partial charge on any atom is -0.396 e. The molecule has 5 nitrogen and oxygen atoms in total. The highest BCUT2D eigenvalue weighted by atomic mass is 35.5. The lowest BCUT2D eigenvalue weighted by molar-refractivity contribution is 0.0789. The molecular formula is C27H41ClFN3O2S. The lowest BCUT2D eigenvalue weighted by atomic mass is 9.86. The number of anilines is 1. The first-order valence-corrected chi connectivity index (χ1v) is 14.1. The highest BCUT2D eigenvalue weighted by Crippen LogP contribution is 2.28. The number of nitrogen functional groups attached to an aromatic ring is 1. The van der Waals surface area contributed by atoms with Gasteiger partial charge in [-0.25, -0.2) is 8.60 Å². The van der Waals surface area contributed by atoms with Crippen LogP contribution < -0.4 is 11.1 Å². The number of hydrogen-bond donors (Lipinski definition) is 4. The Balaban J connectivity index is 0.00000432. The number of hydrogen-bond acceptors (Lipinski definition) is 5. The number of aliphatic hydroxyl groups excluding tert-OH is 1. The average Bonchev–Trinajstić information content (AvgIpc) is 2.75. The molecular weight excluding hydrogens is 485 g/mol. The highest BCUT2D eigenvalue weighted by Gasteiger charge is 2.37. The van der Waals surface area contributed by atoms with Crippen LogP contribution in [0.3, 0.4) is 0 Å². The lowest BCUT2D eigenvalue weighted by Gasteiger charge is -2.36. The fourth-order valence-electron chi connectivity index (χ4n) is 4.72. The SMILES string of the molecule is CCCCc1cc(C[C@@H]2CS(=N)(=O)C[C@H](NCc3cccc(C(C)(C)C)c3)[C@H]2O)cc(F)c1N.Cl. The summed E-state index contributed by atoms with van der Waals surface area (Å²) in [4.78, 5) is 0. The Morgan fingerprint density at radius 3 is 2.57 bits per heavy atom. The highest BCUT2D eigenvalue weighted by molar-refractivity contribution is 7.92. The summed E-state index contributed by atoms with van der Waals surface area (Å²) in [5.41, 5.74) is 9.97. The van der Waals surface area contributed by atoms with Gasteiger partial charge < -0.3 is 16.2 Å². The van der Waals surface area contributed by atoms with Crippen LogP contribution in [0, 0.1) is 16.5 Å². The minimum absolute atomic E-state index is 0. The first-order valence-electron chi connectivity index (χ1n) is 12.2. The molecule has 0 radical (unpaired) electrons. The molecule has 4 atom stereocenters. The van der Waals surface area contributed by atoms with Gasteiger partial charge in [-0.05, 0) is 53.0 Å². The molecule has 0 bridgehead atoms. The third kappa shape index (κ3) is 7.91. The monoisotopic (exact) mass is 525 g/mol. The van der Waals surface area contributed by atoms with E-state index in [1.165, 1.54) is 11.6 Å². The van der Waals surface area contributed by atoms with Crippen LogP contribution >= 0.6 is 12.4 Å². The Labute approximate surface area is 216 Å². The van der Waals surface area contributed by atoms with Crippen molar-refractivity contribution in [3.63, 3.8) is 0 Å². The van der Waals surface area contributed by atoms with Gasteiger partial charge in [0.25, 0.3) is 0 Å². The van der Waals surface area contributed by atoms with Gasteiger partial charge in [-0.15, -0.1) is 12.4 Å². The zero-order valence-corrected chi connectivity index (χ0v) is 22.9. The van der Waals surface area contributed by atoms with E-state index in [4.69, 9.17) is 10.5 Å². The number of nitrogens with one attached hydrogen (secondary N) is 2. The number of aryl methyl sites for hydroxylation is 1. The summed E-state index contributed by atoms with van der Waals surface area (Å²) in [6.45, 7) is 9.09. The van der Waals surface area contributed by atoms with Crippen molar-refractivity contribution >= 4 is 27.8 Å². The van der Waals surface area contributed by atoms with Gasteiger partial charge in [-0.1, -0.05) is 64.4 Å². The molecule has 2 aromatic carbocycles. The average molecular weight is 526 g/mol. The largest absolute Gasteiger partial charge is 0.396 e. The maximum absolute atomic E-state index is 14.5. The van der Waals surface area contributed by atoms with Crippen LogP contribution in [-0.2, 0) is 34.5 Å². The smallest absolute Gasteiger partial charge is 0.146 e. The van der Waals surface area contributed by atoms with Crippen LogP contribution in [0.25, 0.3) is 0 Å². The van der Waals surface area contributed by atoms with Gasteiger partial charge >= 0.3 is 0 Å². The fourth-order valence-corrected chi connectivity index (χ4v) is 6.76. The Morgan fingerprint density at radius 2 is 1.91 bits per heavy atom. The molecule has 0 saturated carbocycles. The van der Waals surface area contributed by atoms with Crippen LogP contribution in [-0.4, -0.2) is 33.0 Å². The van der Waals surface area contributed by atoms with E-state index >= 15 is 0 Å². The topological polar surface area (TPSA) is 99.2 Å². The van der Waals surface area contributed by atoms with Crippen molar-refractivity contribution in [3.05, 3.63) is 64.5 Å². The second kappa shape index (κ2) is 12.0. The molecule has 3 rings (SSSR count). The van der Waals surface area contributed by atoms with Crippen molar-refractivity contribution in [1.82, 2.24) is 5.32 Å². The van der Waals surface area contributed by atoms with Crippen molar-refractivity contribution in [2.24, 2.45) is 5.92 Å². The molecule has 2 aromatic rings. The van der Waals surface area contributed by atoms with Crippen molar-refractivity contribution in [2.75, 3.05) is 17.2 Å². The molecule has 196 valence electrons. The molecule has 1 aliphatic heterocycles. The summed E-state index contributed by atoms with van der Waals surface area (Å²) in [5.74, 6) is -0.614. The zero-order chi connectivity index (χ0) is 25.1. The Kier molecular flexibility index (Phi) is 10.2. The second-order valence-electron chi connectivity index (χ2n) is 10.8. The molecule has 1 fully saturated rings. The number of rotatable bonds is 8. The predicted octanol–water partition coefficient (Wildman–Crippen LogP) is 5.21. The van der Waals surface area contributed by atoms with Gasteiger partial charge in [0, 0.05) is 39.7 Å². The van der Waals surface area contributed by atoms with E-state index in [2.05, 4.69) is 45.1 Å². The Bertz CT molecular complexity index is 1100. The number of nitrogens with two attached hydrogens (primary N) is 1. The molecule has 0 aromatic heterocycles. The molecule has 0 amide bonds. The van der Waals surface area contributed by atoms with Crippen LogP contribution in [0.1, 0.15) is 62.8 Å². The van der Waals surface area contributed by atoms with Crippen LogP contribution in [0.4, 0.5) is 10.1 Å². The quantitative estimate of drug-likeness (QED) is 0.355. The van der Waals surface area contributed by atoms with Crippen LogP contribution in [0.5, 0.6) is 0 Å². The molecule has 1 unspecified atom stereocenters. The van der Waals surface area contributed by atoms with Crippen molar-refractivity contribution in [2.45, 2.75) is 77.5 Å². The maximum atomic E-state index is 14.5. The summed E-state index contributed by atoms with van der Waals surface area (Å²) < 4.78 is 35.7. The standard InChI is InChI=1S/C27H40FN3O2S.ClH/c1-5-6-9-20-11-19(14-23(28)25(20)29)12-21-16-34(30,33)17-24(26(21)32)31-15-18-8-7-10-22(13-18)27(2,3)4;/h7-8,10-11,13-14,21,24,26,30-32H,5-6,9,12,15-17,29H2,1-4H3;1H/t21-,24+,26+,34?;/m1./s1. The molecule has 1 aliphatic rings. The summed E-state index contributed by atoms with van der Waals surface area (Å²) in [6.07, 6.45) is 2.20. The molecule has 8 heteroatoms. The van der Waals surface area contributed by atoms with E-state index in [1.54, 1.807) is 0 Å². The second-order valence-corrected chi connectivity index (χ2v) is 13.1. The van der Waals surface area contributed by atoms with Gasteiger partial charge in [-0.3, -0.25) is 4.78 Å². The molecule has 35 heavy (non-hydrogen) atoms. The number of benzene rings is 2. The van der Waals surface area contributed by atoms with E-state index in [-0.39, 0.29) is 40.9 Å². The molecule has 1 heterocycles. The molecule has 0 aliphatic carbocycles. The van der Waals surface area contributed by atoms with Gasteiger partial charge in [0.1, 0.15) is 5.82 Å². The maximum Gasteiger partial charge on any atom is 0.146 e. The van der Waals surface area contributed by atoms with Gasteiger partial charge in [-0.2, -0.15) is 0 Å². The normalized spacial score (nSPS) is 24.7. The van der Waals surface area contributed by atoms with E-state index in [0.717, 1.165) is 29.5 Å². The molecule has 0 spiro atoms. The van der Waals surface area contributed by atoms with E-state index < -0.39 is 27.7 Å². The van der Waals surface area contributed by atoms with Crippen molar-refractivity contribution in [1.29, 1.82) is 4.78 Å². The first-order chi connectivity index (χ1) is 15.9. The van der Waals surface area contributed by atoms with Gasteiger partial charge in [0.05, 0.1) is 11.8 Å². The third-order valence-electron chi connectivity index (χ3n) is 6.76. The van der Waals surface area contributed by atoms with E-state index in [9.17, 15) is 13.7 Å². The number of halogens is 2. The predicted molar refractivity (Wildman–Crippen MR) is 146 cm³/mol. The zero-order valence-electron chi connectivity index (χ0n) is 21.3. The first kappa shape index (κ1) is 29.6. The van der Waals surface area contributed by atoms with E-state index in [0.29, 0.717) is 19.4 Å². The van der Waals surface area contributed by atoms with Crippen molar-refractivity contribution in [3.8, 4) is 0 Å². The van der Waals surface area contributed by atoms with Crippen LogP contribution in [0.2, 0.25) is 0 Å². The summed E-state index contributed by atoms with van der Waals surface area (Å²) in [6, 6.07) is 11.2. The summed E-state index contributed by atoms with van der Waals surface area (Å²) in [5, 5.41) is 14.5. The summed E-state index contributed by atoms with van der Waals surface area (Å²) >= 11 is 0.